The van der Waals surface area contributed by atoms with Crippen LogP contribution >= 0.6 is 21.8 Å². The van der Waals surface area contributed by atoms with Gasteiger partial charge in [-0.05, 0) is 118 Å². The minimum Gasteiger partial charge on any atom is -0.393 e. The highest BCUT2D eigenvalue weighted by molar-refractivity contribution is 8.32. The lowest BCUT2D eigenvalue weighted by Crippen LogP contribution is -2.61. The van der Waals surface area contributed by atoms with Crippen molar-refractivity contribution in [3.8, 4) is 11.7 Å². The van der Waals surface area contributed by atoms with Gasteiger partial charge in [-0.2, -0.15) is 0 Å². The summed E-state index contributed by atoms with van der Waals surface area (Å²) >= 11 is 1.38. The molecule has 0 aromatic heterocycles. The zero-order valence-corrected chi connectivity index (χ0v) is 24.4. The summed E-state index contributed by atoms with van der Waals surface area (Å²) in [5.41, 5.74) is 4.02. The predicted octanol–water partition coefficient (Wildman–Crippen LogP) is 6.02. The van der Waals surface area contributed by atoms with Crippen molar-refractivity contribution in [3.63, 3.8) is 0 Å². The Morgan fingerprint density at radius 3 is 2.43 bits per heavy atom. The van der Waals surface area contributed by atoms with Crippen molar-refractivity contribution >= 4 is 21.8 Å². The minimum atomic E-state index is -0.853. The third-order valence-corrected chi connectivity index (χ3v) is 11.4. The van der Waals surface area contributed by atoms with Gasteiger partial charge in [-0.3, -0.25) is 0 Å². The monoisotopic (exact) mass is 519 g/mol. The molecule has 0 radical (unpaired) electrons. The quantitative estimate of drug-likeness (QED) is 0.446. The molecular weight excluding hydrogens is 470 g/mol. The molecule has 1 aliphatic heterocycles. The van der Waals surface area contributed by atoms with Crippen LogP contribution in [0.25, 0.3) is 0 Å². The van der Waals surface area contributed by atoms with E-state index in [2.05, 4.69) is 41.9 Å². The first-order valence-electron chi connectivity index (χ1n) is 13.8. The first kappa shape index (κ1) is 27.5. The normalized spacial score (nSPS) is 39.0. The fraction of sp³-hybridized carbons (Fsp3) is 0.800. The average molecular weight is 520 g/mol. The molecule has 3 nitrogen and oxygen atoms in total. The lowest BCUT2D eigenvalue weighted by molar-refractivity contribution is -0.150. The van der Waals surface area contributed by atoms with Crippen LogP contribution in [0.4, 0.5) is 0 Å². The number of rotatable bonds is 4. The van der Waals surface area contributed by atoms with E-state index in [1.807, 2.05) is 6.26 Å². The van der Waals surface area contributed by atoms with Gasteiger partial charge in [-0.15, -0.1) is 6.42 Å². The summed E-state index contributed by atoms with van der Waals surface area (Å²) in [5, 5.41) is 26.0. The van der Waals surface area contributed by atoms with Gasteiger partial charge >= 0.3 is 0 Å². The Hall–Kier alpha value is -0.540. The Labute approximate surface area is 220 Å². The topological polar surface area (TPSA) is 43.7 Å². The summed E-state index contributed by atoms with van der Waals surface area (Å²) in [7, 11) is -0.853. The van der Waals surface area contributed by atoms with Crippen molar-refractivity contribution in [3.05, 3.63) is 22.9 Å². The van der Waals surface area contributed by atoms with Crippen LogP contribution in [0, 0.1) is 34.8 Å². The fourth-order valence-electron chi connectivity index (χ4n) is 8.78. The number of hydrogen-bond acceptors (Lipinski definition) is 4. The molecule has 2 N–H and O–H groups in total. The third-order valence-electron chi connectivity index (χ3n) is 9.81. The molecule has 0 bridgehead atoms. The van der Waals surface area contributed by atoms with Gasteiger partial charge in [0.05, 0.1) is 11.7 Å². The molecule has 0 aromatic carbocycles. The summed E-state index contributed by atoms with van der Waals surface area (Å²) in [6.45, 7) is 4.74. The van der Waals surface area contributed by atoms with Crippen molar-refractivity contribution in [2.75, 3.05) is 43.9 Å². The number of thioether (sulfide) groups is 1. The first-order valence-corrected chi connectivity index (χ1v) is 18.1. The first-order chi connectivity index (χ1) is 16.6. The number of nitrogens with zero attached hydrogens (tertiary/aromatic N) is 1. The molecule has 0 aromatic rings. The Morgan fingerprint density at radius 1 is 1.14 bits per heavy atom. The van der Waals surface area contributed by atoms with E-state index in [1.165, 1.54) is 50.5 Å². The van der Waals surface area contributed by atoms with Crippen molar-refractivity contribution in [2.45, 2.75) is 82.8 Å². The molecular formula is C30H49NO2S2. The molecule has 3 fully saturated rings. The van der Waals surface area contributed by atoms with E-state index in [0.29, 0.717) is 17.8 Å². The number of terminal acetylenes is 1. The van der Waals surface area contributed by atoms with E-state index in [-0.39, 0.29) is 11.5 Å². The van der Waals surface area contributed by atoms with Crippen LogP contribution in [0.3, 0.4) is 0 Å². The van der Waals surface area contributed by atoms with Gasteiger partial charge in [0.2, 0.25) is 0 Å². The second-order valence-electron chi connectivity index (χ2n) is 12.7. The SMILES string of the molecule is C#CSC.CC[C@]12CC(O)(CS(C)(C)C)C3C4=C(C=C(N5CCCC5)CC4)CCC3C1CCC2O. The minimum absolute atomic E-state index is 0.0656. The Balaban J connectivity index is 0.000000672. The maximum Gasteiger partial charge on any atom is 0.0797 e. The van der Waals surface area contributed by atoms with Crippen LogP contribution < -0.4 is 0 Å². The lowest BCUT2D eigenvalue weighted by Gasteiger charge is -2.60. The predicted molar refractivity (Wildman–Crippen MR) is 155 cm³/mol. The average Bonchev–Trinajstić information content (AvgIpc) is 3.46. The molecule has 2 saturated carbocycles. The second kappa shape index (κ2) is 10.7. The maximum atomic E-state index is 12.5. The molecule has 1 heterocycles. The highest BCUT2D eigenvalue weighted by Crippen LogP contribution is 2.66. The second-order valence-corrected chi connectivity index (χ2v) is 17.8. The van der Waals surface area contributed by atoms with Gasteiger partial charge in [-0.25, -0.2) is 10.0 Å². The summed E-state index contributed by atoms with van der Waals surface area (Å²) in [6, 6.07) is 0. The van der Waals surface area contributed by atoms with Gasteiger partial charge in [0.1, 0.15) is 0 Å². The highest BCUT2D eigenvalue weighted by Gasteiger charge is 2.64. The van der Waals surface area contributed by atoms with E-state index in [4.69, 9.17) is 6.42 Å². The van der Waals surface area contributed by atoms with Crippen LogP contribution in [-0.2, 0) is 0 Å². The molecule has 5 heteroatoms. The molecule has 0 amide bonds. The van der Waals surface area contributed by atoms with E-state index in [0.717, 1.165) is 44.3 Å². The number of hydrogen-bond donors (Lipinski definition) is 2. The summed E-state index contributed by atoms with van der Waals surface area (Å²) in [6.07, 6.45) is 27.3. The Morgan fingerprint density at radius 2 is 1.83 bits per heavy atom. The molecule has 4 aliphatic carbocycles. The molecule has 5 aliphatic rings. The molecule has 198 valence electrons. The molecule has 5 unspecified atom stereocenters. The zero-order chi connectivity index (χ0) is 25.4. The van der Waals surface area contributed by atoms with Crippen LogP contribution in [0.5, 0.6) is 0 Å². The van der Waals surface area contributed by atoms with Crippen LogP contribution in [-0.4, -0.2) is 70.7 Å². The number of likely N-dealkylation sites (tertiary alicyclic amines) is 1. The fourth-order valence-corrected chi connectivity index (χ4v) is 10.6. The number of allylic oxidation sites excluding steroid dienone is 3. The summed E-state index contributed by atoms with van der Waals surface area (Å²) in [5.74, 6) is 2.38. The number of aliphatic hydroxyl groups is 2. The molecule has 35 heavy (non-hydrogen) atoms. The largest absolute Gasteiger partial charge is 0.393 e. The van der Waals surface area contributed by atoms with Crippen LogP contribution in [0.15, 0.2) is 22.9 Å². The van der Waals surface area contributed by atoms with Gasteiger partial charge in [0.25, 0.3) is 0 Å². The van der Waals surface area contributed by atoms with E-state index >= 15 is 0 Å². The number of aliphatic hydroxyl groups excluding tert-OH is 1. The van der Waals surface area contributed by atoms with Crippen LogP contribution in [0.1, 0.15) is 71.1 Å². The van der Waals surface area contributed by atoms with Gasteiger partial charge in [0.15, 0.2) is 0 Å². The standard InChI is InChI=1S/C27H45NO2S.C3H4S/c1-5-26-17-27(30,18-31(2,3)4)25-21-11-9-20(28-14-6-7-15-28)16-19(21)8-10-22(25)23(26)12-13-24(26)29;1-3-4-2/h16,22-25,29-30H,5-15,17-18H2,1-4H3;1H,2H3/t22?,23?,24?,25?,26-,27?;/m0./s1. The van der Waals surface area contributed by atoms with Crippen molar-refractivity contribution < 1.29 is 10.2 Å². The van der Waals surface area contributed by atoms with Crippen LogP contribution in [0.2, 0.25) is 0 Å². The molecule has 5 rings (SSSR count). The van der Waals surface area contributed by atoms with Crippen molar-refractivity contribution in [2.24, 2.45) is 23.2 Å². The van der Waals surface area contributed by atoms with E-state index in [1.54, 1.807) is 16.8 Å². The Kier molecular flexibility index (Phi) is 8.39. The Bertz CT molecular complexity index is 878. The van der Waals surface area contributed by atoms with Crippen molar-refractivity contribution in [1.82, 2.24) is 4.90 Å². The molecule has 6 atom stereocenters. The molecule has 0 spiro atoms. The van der Waals surface area contributed by atoms with Gasteiger partial charge < -0.3 is 15.1 Å². The third kappa shape index (κ3) is 5.25. The van der Waals surface area contributed by atoms with E-state index in [9.17, 15) is 10.2 Å². The summed E-state index contributed by atoms with van der Waals surface area (Å²) < 4.78 is 0. The van der Waals surface area contributed by atoms with E-state index < -0.39 is 15.6 Å². The maximum absolute atomic E-state index is 12.5. The lowest BCUT2D eigenvalue weighted by atomic mass is 9.48. The van der Waals surface area contributed by atoms with Crippen molar-refractivity contribution in [1.29, 1.82) is 0 Å². The highest BCUT2D eigenvalue weighted by atomic mass is 32.3. The summed E-state index contributed by atoms with van der Waals surface area (Å²) in [4.78, 5) is 2.62. The smallest absolute Gasteiger partial charge is 0.0797 e. The zero-order valence-electron chi connectivity index (χ0n) is 22.8. The number of fused-ring (bicyclic) bond motifs is 4. The van der Waals surface area contributed by atoms with Gasteiger partial charge in [0, 0.05) is 35.9 Å². The molecule has 1 saturated heterocycles. The van der Waals surface area contributed by atoms with Gasteiger partial charge in [-0.1, -0.05) is 24.3 Å².